The highest BCUT2D eigenvalue weighted by Crippen LogP contribution is 2.22. The summed E-state index contributed by atoms with van der Waals surface area (Å²) in [4.78, 5) is 12.2. The first-order valence-corrected chi connectivity index (χ1v) is 6.88. The number of hydrogen-bond donors (Lipinski definition) is 0. The molecule has 3 heteroatoms. The Kier molecular flexibility index (Phi) is 5.83. The first kappa shape index (κ1) is 14.4. The lowest BCUT2D eigenvalue weighted by Gasteiger charge is -2.13. The van der Waals surface area contributed by atoms with Gasteiger partial charge in [-0.1, -0.05) is 42.6 Å². The minimum absolute atomic E-state index is 0.0503. The molecular formula is C14H18BrFO. The van der Waals surface area contributed by atoms with Crippen molar-refractivity contribution in [2.75, 3.05) is 0 Å². The molecule has 0 amide bonds. The number of Topliss-reactive ketones (excluding diaryl/α,β-unsaturated/α-hetero) is 1. The Hall–Kier alpha value is -0.700. The van der Waals surface area contributed by atoms with Crippen LogP contribution in [0.4, 0.5) is 4.39 Å². The number of carbonyl (C=O) groups excluding carboxylic acids is 1. The average molecular weight is 301 g/mol. The molecule has 1 atom stereocenters. The zero-order valence-corrected chi connectivity index (χ0v) is 11.9. The second-order valence-electron chi connectivity index (χ2n) is 4.24. The van der Waals surface area contributed by atoms with Gasteiger partial charge >= 0.3 is 0 Å². The predicted molar refractivity (Wildman–Crippen MR) is 71.7 cm³/mol. The normalized spacial score (nSPS) is 12.5. The Morgan fingerprint density at radius 1 is 1.41 bits per heavy atom. The Morgan fingerprint density at radius 2 is 2.12 bits per heavy atom. The molecule has 0 aliphatic heterocycles. The molecule has 0 bridgehead atoms. The van der Waals surface area contributed by atoms with Crippen LogP contribution in [-0.2, 0) is 0 Å². The Bertz CT molecular complexity index is 390. The Labute approximate surface area is 111 Å². The van der Waals surface area contributed by atoms with Gasteiger partial charge in [0.05, 0.1) is 5.56 Å². The lowest BCUT2D eigenvalue weighted by atomic mass is 9.90. The molecule has 0 N–H and O–H groups in total. The second kappa shape index (κ2) is 6.90. The van der Waals surface area contributed by atoms with Crippen molar-refractivity contribution in [2.24, 2.45) is 5.92 Å². The van der Waals surface area contributed by atoms with E-state index < -0.39 is 5.82 Å². The van der Waals surface area contributed by atoms with Crippen LogP contribution in [0.2, 0.25) is 0 Å². The summed E-state index contributed by atoms with van der Waals surface area (Å²) in [5, 5.41) is 0. The molecule has 0 saturated heterocycles. The summed E-state index contributed by atoms with van der Waals surface area (Å²) < 4.78 is 14.3. The van der Waals surface area contributed by atoms with Crippen molar-refractivity contribution >= 4 is 21.7 Å². The maximum absolute atomic E-state index is 13.7. The molecule has 1 aromatic carbocycles. The highest BCUT2D eigenvalue weighted by atomic mass is 79.9. The third-order valence-corrected chi connectivity index (χ3v) is 3.46. The van der Waals surface area contributed by atoms with Crippen LogP contribution >= 0.6 is 15.9 Å². The van der Waals surface area contributed by atoms with E-state index in [1.807, 2.05) is 6.92 Å². The van der Waals surface area contributed by atoms with Gasteiger partial charge in [-0.05, 0) is 31.0 Å². The van der Waals surface area contributed by atoms with Crippen molar-refractivity contribution in [3.63, 3.8) is 0 Å². The van der Waals surface area contributed by atoms with Crippen LogP contribution in [0.3, 0.4) is 0 Å². The quantitative estimate of drug-likeness (QED) is 0.677. The van der Waals surface area contributed by atoms with Gasteiger partial charge in [-0.25, -0.2) is 4.39 Å². The van der Waals surface area contributed by atoms with Gasteiger partial charge in [0.15, 0.2) is 5.78 Å². The van der Waals surface area contributed by atoms with Crippen LogP contribution in [0, 0.1) is 11.7 Å². The zero-order valence-electron chi connectivity index (χ0n) is 10.3. The molecule has 0 saturated carbocycles. The van der Waals surface area contributed by atoms with Crippen molar-refractivity contribution in [3.8, 4) is 0 Å². The van der Waals surface area contributed by atoms with E-state index in [0.717, 1.165) is 25.7 Å². The summed E-state index contributed by atoms with van der Waals surface area (Å²) in [6.45, 7) is 4.08. The van der Waals surface area contributed by atoms with Crippen molar-refractivity contribution in [2.45, 2.75) is 39.5 Å². The number of unbranched alkanes of at least 4 members (excludes halogenated alkanes) is 1. The minimum Gasteiger partial charge on any atom is -0.294 e. The largest absolute Gasteiger partial charge is 0.294 e. The van der Waals surface area contributed by atoms with E-state index in [1.54, 1.807) is 12.1 Å². The third kappa shape index (κ3) is 3.91. The first-order valence-electron chi connectivity index (χ1n) is 6.09. The number of ketones is 1. The highest BCUT2D eigenvalue weighted by Gasteiger charge is 2.20. The third-order valence-electron chi connectivity index (χ3n) is 2.97. The smallest absolute Gasteiger partial charge is 0.168 e. The number of benzene rings is 1. The lowest BCUT2D eigenvalue weighted by molar-refractivity contribution is 0.0904. The molecule has 1 aromatic rings. The fraction of sp³-hybridized carbons (Fsp3) is 0.500. The second-order valence-corrected chi connectivity index (χ2v) is 5.15. The Morgan fingerprint density at radius 3 is 2.65 bits per heavy atom. The molecule has 0 fully saturated rings. The SMILES string of the molecule is CCCCC(CC)C(=O)c1ccc(Br)cc1F. The van der Waals surface area contributed by atoms with Crippen LogP contribution in [0.25, 0.3) is 0 Å². The standard InChI is InChI=1S/C14H18BrFO/c1-3-5-6-10(4-2)14(17)12-8-7-11(15)9-13(12)16/h7-10H,3-6H2,1-2H3. The average Bonchev–Trinajstić information content (AvgIpc) is 2.29. The van der Waals surface area contributed by atoms with Gasteiger partial charge < -0.3 is 0 Å². The van der Waals surface area contributed by atoms with Gasteiger partial charge in [0.1, 0.15) is 5.82 Å². The fourth-order valence-electron chi connectivity index (χ4n) is 1.88. The van der Waals surface area contributed by atoms with Gasteiger partial charge in [-0.2, -0.15) is 0 Å². The summed E-state index contributed by atoms with van der Waals surface area (Å²) >= 11 is 3.19. The van der Waals surface area contributed by atoms with E-state index in [4.69, 9.17) is 0 Å². The first-order chi connectivity index (χ1) is 8.10. The summed E-state index contributed by atoms with van der Waals surface area (Å²) in [6.07, 6.45) is 3.70. The van der Waals surface area contributed by atoms with Crippen molar-refractivity contribution in [1.82, 2.24) is 0 Å². The fourth-order valence-corrected chi connectivity index (χ4v) is 2.21. The van der Waals surface area contributed by atoms with E-state index in [1.165, 1.54) is 6.07 Å². The summed E-state index contributed by atoms with van der Waals surface area (Å²) in [5.41, 5.74) is 0.219. The lowest BCUT2D eigenvalue weighted by Crippen LogP contribution is -2.15. The summed E-state index contributed by atoms with van der Waals surface area (Å²) in [6, 6.07) is 4.62. The molecule has 1 unspecified atom stereocenters. The molecule has 0 spiro atoms. The molecule has 17 heavy (non-hydrogen) atoms. The van der Waals surface area contributed by atoms with E-state index in [2.05, 4.69) is 22.9 Å². The van der Waals surface area contributed by atoms with Crippen LogP contribution in [0.5, 0.6) is 0 Å². The molecule has 0 heterocycles. The van der Waals surface area contributed by atoms with Crippen molar-refractivity contribution < 1.29 is 9.18 Å². The van der Waals surface area contributed by atoms with E-state index in [9.17, 15) is 9.18 Å². The summed E-state index contributed by atoms with van der Waals surface area (Å²) in [7, 11) is 0. The van der Waals surface area contributed by atoms with Gasteiger partial charge in [-0.15, -0.1) is 0 Å². The summed E-state index contributed by atoms with van der Waals surface area (Å²) in [5.74, 6) is -0.545. The maximum atomic E-state index is 13.7. The van der Waals surface area contributed by atoms with Crippen molar-refractivity contribution in [3.05, 3.63) is 34.1 Å². The predicted octanol–water partition coefficient (Wildman–Crippen LogP) is 4.99. The van der Waals surface area contributed by atoms with E-state index in [0.29, 0.717) is 4.47 Å². The van der Waals surface area contributed by atoms with Crippen LogP contribution < -0.4 is 0 Å². The molecular weight excluding hydrogens is 283 g/mol. The molecule has 94 valence electrons. The zero-order chi connectivity index (χ0) is 12.8. The Balaban J connectivity index is 2.86. The number of carbonyl (C=O) groups is 1. The monoisotopic (exact) mass is 300 g/mol. The van der Waals surface area contributed by atoms with E-state index in [-0.39, 0.29) is 17.3 Å². The highest BCUT2D eigenvalue weighted by molar-refractivity contribution is 9.10. The van der Waals surface area contributed by atoms with Gasteiger partial charge in [0, 0.05) is 10.4 Å². The molecule has 1 nitrogen and oxygen atoms in total. The minimum atomic E-state index is -0.431. The molecule has 0 aliphatic carbocycles. The number of halogens is 2. The molecule has 1 rings (SSSR count). The number of rotatable bonds is 6. The van der Waals surface area contributed by atoms with Crippen molar-refractivity contribution in [1.29, 1.82) is 0 Å². The van der Waals surface area contributed by atoms with Gasteiger partial charge in [0.2, 0.25) is 0 Å². The molecule has 0 aliphatic rings. The van der Waals surface area contributed by atoms with Gasteiger partial charge in [-0.3, -0.25) is 4.79 Å². The van der Waals surface area contributed by atoms with Gasteiger partial charge in [0.25, 0.3) is 0 Å². The van der Waals surface area contributed by atoms with Crippen LogP contribution in [0.15, 0.2) is 22.7 Å². The topological polar surface area (TPSA) is 17.1 Å². The maximum Gasteiger partial charge on any atom is 0.168 e. The van der Waals surface area contributed by atoms with Crippen LogP contribution in [0.1, 0.15) is 49.9 Å². The van der Waals surface area contributed by atoms with E-state index >= 15 is 0 Å². The molecule has 0 radical (unpaired) electrons. The molecule has 0 aromatic heterocycles. The number of hydrogen-bond acceptors (Lipinski definition) is 1. The van der Waals surface area contributed by atoms with Crippen LogP contribution in [-0.4, -0.2) is 5.78 Å².